The Morgan fingerprint density at radius 2 is 2.25 bits per heavy atom. The zero-order valence-corrected chi connectivity index (χ0v) is 7.93. The summed E-state index contributed by atoms with van der Waals surface area (Å²) in [5, 5.41) is 8.35. The van der Waals surface area contributed by atoms with Crippen molar-refractivity contribution in [3.63, 3.8) is 0 Å². The molecule has 1 aromatic heterocycles. The molecule has 0 radical (unpaired) electrons. The van der Waals surface area contributed by atoms with Crippen molar-refractivity contribution in [2.24, 2.45) is 5.73 Å². The number of unbranched alkanes of at least 4 members (excludes halogenated alkanes) is 1. The van der Waals surface area contributed by atoms with Crippen LogP contribution in [0, 0.1) is 0 Å². The third kappa shape index (κ3) is 2.83. The Morgan fingerprint density at radius 3 is 2.83 bits per heavy atom. The molecule has 0 bridgehead atoms. The average Bonchev–Trinajstić information content (AvgIpc) is 2.53. The first-order chi connectivity index (χ1) is 5.86. The maximum absolute atomic E-state index is 5.35. The standard InChI is InChI=1S/C7H13N3OS/c1-12-7-10-9-6(11-7)4-2-3-5-8/h2-5,8H2,1H3. The largest absolute Gasteiger partial charge is 0.416 e. The Balaban J connectivity index is 2.31. The second-order valence-corrected chi connectivity index (χ2v) is 3.17. The number of aromatic nitrogens is 2. The molecule has 0 spiro atoms. The van der Waals surface area contributed by atoms with Crippen LogP contribution < -0.4 is 5.73 Å². The molecule has 0 fully saturated rings. The maximum atomic E-state index is 5.35. The van der Waals surface area contributed by atoms with Crippen LogP contribution in [0.2, 0.25) is 0 Å². The van der Waals surface area contributed by atoms with Crippen LogP contribution >= 0.6 is 11.8 Å². The molecule has 68 valence electrons. The van der Waals surface area contributed by atoms with Crippen LogP contribution in [-0.2, 0) is 6.42 Å². The van der Waals surface area contributed by atoms with Crippen LogP contribution in [0.3, 0.4) is 0 Å². The topological polar surface area (TPSA) is 64.9 Å². The molecule has 1 heterocycles. The van der Waals surface area contributed by atoms with E-state index < -0.39 is 0 Å². The van der Waals surface area contributed by atoms with Gasteiger partial charge in [-0.05, 0) is 25.6 Å². The molecule has 0 aliphatic heterocycles. The van der Waals surface area contributed by atoms with Gasteiger partial charge in [0.2, 0.25) is 5.89 Å². The first-order valence-corrected chi connectivity index (χ1v) is 5.15. The summed E-state index contributed by atoms with van der Waals surface area (Å²) in [6.45, 7) is 0.726. The highest BCUT2D eigenvalue weighted by atomic mass is 32.2. The highest BCUT2D eigenvalue weighted by Gasteiger charge is 2.02. The molecular formula is C7H13N3OS. The van der Waals surface area contributed by atoms with Crippen molar-refractivity contribution < 1.29 is 4.42 Å². The van der Waals surface area contributed by atoms with E-state index >= 15 is 0 Å². The summed E-state index contributed by atoms with van der Waals surface area (Å²) in [7, 11) is 0. The van der Waals surface area contributed by atoms with Crippen LogP contribution in [0.25, 0.3) is 0 Å². The number of hydrogen-bond donors (Lipinski definition) is 1. The summed E-state index contributed by atoms with van der Waals surface area (Å²) in [4.78, 5) is 0. The van der Waals surface area contributed by atoms with Gasteiger partial charge in [-0.2, -0.15) is 0 Å². The quantitative estimate of drug-likeness (QED) is 0.552. The first kappa shape index (κ1) is 9.54. The average molecular weight is 187 g/mol. The summed E-state index contributed by atoms with van der Waals surface area (Å²) in [5.41, 5.74) is 5.35. The number of nitrogens with two attached hydrogens (primary N) is 1. The van der Waals surface area contributed by atoms with Gasteiger partial charge in [-0.15, -0.1) is 10.2 Å². The van der Waals surface area contributed by atoms with E-state index in [4.69, 9.17) is 10.2 Å². The molecule has 0 atom stereocenters. The van der Waals surface area contributed by atoms with E-state index in [0.717, 1.165) is 25.8 Å². The molecule has 0 saturated heterocycles. The number of aryl methyl sites for hydroxylation is 1. The molecule has 0 aliphatic carbocycles. The second kappa shape index (κ2) is 5.16. The lowest BCUT2D eigenvalue weighted by Crippen LogP contribution is -1.98. The van der Waals surface area contributed by atoms with Gasteiger partial charge in [-0.1, -0.05) is 11.8 Å². The van der Waals surface area contributed by atoms with Crippen LogP contribution in [0.15, 0.2) is 9.64 Å². The number of rotatable bonds is 5. The fourth-order valence-electron chi connectivity index (χ4n) is 0.842. The number of hydrogen-bond acceptors (Lipinski definition) is 5. The van der Waals surface area contributed by atoms with E-state index in [1.54, 1.807) is 0 Å². The van der Waals surface area contributed by atoms with Crippen molar-refractivity contribution >= 4 is 11.8 Å². The van der Waals surface area contributed by atoms with Crippen LogP contribution in [-0.4, -0.2) is 23.0 Å². The van der Waals surface area contributed by atoms with Crippen molar-refractivity contribution in [2.45, 2.75) is 24.5 Å². The van der Waals surface area contributed by atoms with Crippen molar-refractivity contribution in [3.05, 3.63) is 5.89 Å². The molecule has 0 unspecified atom stereocenters. The molecule has 0 saturated carbocycles. The van der Waals surface area contributed by atoms with Gasteiger partial charge >= 0.3 is 0 Å². The van der Waals surface area contributed by atoms with Gasteiger partial charge in [0, 0.05) is 6.42 Å². The molecule has 1 rings (SSSR count). The van der Waals surface area contributed by atoms with Crippen molar-refractivity contribution in [3.8, 4) is 0 Å². The fourth-order valence-corrected chi connectivity index (χ4v) is 1.14. The Hall–Kier alpha value is -0.550. The van der Waals surface area contributed by atoms with E-state index in [2.05, 4.69) is 10.2 Å². The van der Waals surface area contributed by atoms with E-state index in [9.17, 15) is 0 Å². The third-order valence-electron chi connectivity index (χ3n) is 1.47. The maximum Gasteiger partial charge on any atom is 0.276 e. The zero-order chi connectivity index (χ0) is 8.81. The smallest absolute Gasteiger partial charge is 0.276 e. The van der Waals surface area contributed by atoms with Gasteiger partial charge in [0.15, 0.2) is 0 Å². The predicted molar refractivity (Wildman–Crippen MR) is 48.1 cm³/mol. The molecule has 4 nitrogen and oxygen atoms in total. The predicted octanol–water partition coefficient (Wildman–Crippen LogP) is 1.07. The van der Waals surface area contributed by atoms with E-state index in [0.29, 0.717) is 11.1 Å². The highest BCUT2D eigenvalue weighted by Crippen LogP contribution is 2.12. The van der Waals surface area contributed by atoms with Gasteiger partial charge in [0.25, 0.3) is 5.22 Å². The summed E-state index contributed by atoms with van der Waals surface area (Å²) < 4.78 is 5.28. The molecule has 2 N–H and O–H groups in total. The lowest BCUT2D eigenvalue weighted by atomic mass is 10.2. The molecule has 0 aliphatic rings. The molecule has 0 amide bonds. The lowest BCUT2D eigenvalue weighted by Gasteiger charge is -1.91. The van der Waals surface area contributed by atoms with E-state index in [1.165, 1.54) is 11.8 Å². The monoisotopic (exact) mass is 187 g/mol. The number of nitrogens with zero attached hydrogens (tertiary/aromatic N) is 2. The molecule has 0 aromatic carbocycles. The number of thioether (sulfide) groups is 1. The minimum atomic E-state index is 0.637. The Kier molecular flexibility index (Phi) is 4.10. The summed E-state index contributed by atoms with van der Waals surface area (Å²) in [6, 6.07) is 0. The molecular weight excluding hydrogens is 174 g/mol. The minimum Gasteiger partial charge on any atom is -0.416 e. The highest BCUT2D eigenvalue weighted by molar-refractivity contribution is 7.98. The van der Waals surface area contributed by atoms with Crippen molar-refractivity contribution in [1.82, 2.24) is 10.2 Å². The van der Waals surface area contributed by atoms with E-state index in [-0.39, 0.29) is 0 Å². The van der Waals surface area contributed by atoms with Crippen LogP contribution in [0.5, 0.6) is 0 Å². The van der Waals surface area contributed by atoms with Crippen LogP contribution in [0.1, 0.15) is 18.7 Å². The van der Waals surface area contributed by atoms with E-state index in [1.807, 2.05) is 6.26 Å². The van der Waals surface area contributed by atoms with Crippen molar-refractivity contribution in [1.29, 1.82) is 0 Å². The van der Waals surface area contributed by atoms with Gasteiger partial charge < -0.3 is 10.2 Å². The molecule has 1 aromatic rings. The van der Waals surface area contributed by atoms with Crippen molar-refractivity contribution in [2.75, 3.05) is 12.8 Å². The van der Waals surface area contributed by atoms with Gasteiger partial charge in [0.05, 0.1) is 0 Å². The second-order valence-electron chi connectivity index (χ2n) is 2.41. The summed E-state index contributed by atoms with van der Waals surface area (Å²) >= 11 is 1.46. The Bertz CT molecular complexity index is 226. The zero-order valence-electron chi connectivity index (χ0n) is 7.12. The minimum absolute atomic E-state index is 0.637. The lowest BCUT2D eigenvalue weighted by molar-refractivity contribution is 0.408. The first-order valence-electron chi connectivity index (χ1n) is 3.93. The van der Waals surface area contributed by atoms with Gasteiger partial charge in [-0.3, -0.25) is 0 Å². The Morgan fingerprint density at radius 1 is 1.42 bits per heavy atom. The Labute approximate surface area is 75.9 Å². The normalized spacial score (nSPS) is 10.5. The fraction of sp³-hybridized carbons (Fsp3) is 0.714. The summed E-state index contributed by atoms with van der Waals surface area (Å²) in [6.07, 6.45) is 4.78. The van der Waals surface area contributed by atoms with Gasteiger partial charge in [-0.25, -0.2) is 0 Å². The third-order valence-corrected chi connectivity index (χ3v) is 1.98. The van der Waals surface area contributed by atoms with Crippen LogP contribution in [0.4, 0.5) is 0 Å². The molecule has 5 heteroatoms. The van der Waals surface area contributed by atoms with Gasteiger partial charge in [0.1, 0.15) is 0 Å². The molecule has 12 heavy (non-hydrogen) atoms. The summed E-state index contributed by atoms with van der Waals surface area (Å²) in [5.74, 6) is 0.716. The SMILES string of the molecule is CSc1nnc(CCCCN)o1.